The summed E-state index contributed by atoms with van der Waals surface area (Å²) in [5.74, 6) is -0.820. The number of hydrogen-bond donors (Lipinski definition) is 2. The van der Waals surface area contributed by atoms with Crippen molar-refractivity contribution in [1.29, 1.82) is 0 Å². The van der Waals surface area contributed by atoms with Gasteiger partial charge in [-0.2, -0.15) is 0 Å². The van der Waals surface area contributed by atoms with E-state index in [2.05, 4.69) is 29.0 Å². The maximum Gasteiger partial charge on any atom is 0.307 e. The summed E-state index contributed by atoms with van der Waals surface area (Å²) in [5.41, 5.74) is 5.42. The number of nitrogens with one attached hydrogen (secondary N) is 1. The van der Waals surface area contributed by atoms with Gasteiger partial charge in [-0.15, -0.1) is 0 Å². The van der Waals surface area contributed by atoms with Gasteiger partial charge in [0.25, 0.3) is 0 Å². The van der Waals surface area contributed by atoms with Crippen LogP contribution in [-0.2, 0) is 11.2 Å². The quantitative estimate of drug-likeness (QED) is 0.766. The molecule has 0 amide bonds. The summed E-state index contributed by atoms with van der Waals surface area (Å²) in [6.45, 7) is 2.13. The second kappa shape index (κ2) is 5.23. The largest absolute Gasteiger partial charge is 0.481 e. The second-order valence-corrected chi connectivity index (χ2v) is 6.16. The Labute approximate surface area is 134 Å². The Morgan fingerprint density at radius 3 is 2.96 bits per heavy atom. The standard InChI is InChI=1S/C19H18N2O2/c1-2-11-9-20-18-15(11)7-12(10-21-18)13-5-3-4-6-14(13)16-8-17(16)19(22)23/h3-7,9-10,16-17H,2,8H2,1H3,(H,20,21)(H,22,23)/t16-,17+/m0/s1. The summed E-state index contributed by atoms with van der Waals surface area (Å²) in [4.78, 5) is 18.9. The van der Waals surface area contributed by atoms with E-state index in [1.807, 2.05) is 30.6 Å². The molecule has 116 valence electrons. The van der Waals surface area contributed by atoms with Gasteiger partial charge < -0.3 is 10.1 Å². The Morgan fingerprint density at radius 2 is 2.22 bits per heavy atom. The second-order valence-electron chi connectivity index (χ2n) is 6.16. The molecule has 2 N–H and O–H groups in total. The van der Waals surface area contributed by atoms with Crippen LogP contribution in [0.25, 0.3) is 22.2 Å². The molecule has 4 rings (SSSR count). The molecule has 1 aromatic carbocycles. The monoisotopic (exact) mass is 306 g/mol. The number of aromatic nitrogens is 2. The van der Waals surface area contributed by atoms with Crippen LogP contribution in [0.2, 0.25) is 0 Å². The van der Waals surface area contributed by atoms with Crippen LogP contribution >= 0.6 is 0 Å². The molecule has 0 saturated heterocycles. The van der Waals surface area contributed by atoms with E-state index in [-0.39, 0.29) is 11.8 Å². The predicted molar refractivity (Wildman–Crippen MR) is 89.4 cm³/mol. The zero-order chi connectivity index (χ0) is 16.0. The minimum absolute atomic E-state index is 0.122. The van der Waals surface area contributed by atoms with Gasteiger partial charge in [-0.25, -0.2) is 4.98 Å². The van der Waals surface area contributed by atoms with Gasteiger partial charge in [0.15, 0.2) is 0 Å². The number of benzene rings is 1. The molecule has 1 saturated carbocycles. The molecule has 4 nitrogen and oxygen atoms in total. The van der Waals surface area contributed by atoms with E-state index in [0.717, 1.165) is 40.6 Å². The molecule has 2 heterocycles. The fourth-order valence-corrected chi connectivity index (χ4v) is 3.39. The van der Waals surface area contributed by atoms with Crippen molar-refractivity contribution < 1.29 is 9.90 Å². The van der Waals surface area contributed by atoms with Crippen molar-refractivity contribution in [3.8, 4) is 11.1 Å². The number of fused-ring (bicyclic) bond motifs is 1. The Bertz CT molecular complexity index is 897. The maximum atomic E-state index is 11.2. The first kappa shape index (κ1) is 14.0. The third kappa shape index (κ3) is 2.31. The van der Waals surface area contributed by atoms with Gasteiger partial charge in [0.05, 0.1) is 5.92 Å². The SMILES string of the molecule is CCc1c[nH]c2ncc(-c3ccccc3[C@@H]3C[C@H]3C(=O)O)cc12. The maximum absolute atomic E-state index is 11.2. The van der Waals surface area contributed by atoms with Crippen molar-refractivity contribution in [3.05, 3.63) is 53.9 Å². The minimum Gasteiger partial charge on any atom is -0.481 e. The lowest BCUT2D eigenvalue weighted by Gasteiger charge is -2.09. The number of carboxylic acid groups (broad SMARTS) is 1. The van der Waals surface area contributed by atoms with E-state index in [1.165, 1.54) is 5.56 Å². The van der Waals surface area contributed by atoms with Crippen LogP contribution in [0.3, 0.4) is 0 Å². The van der Waals surface area contributed by atoms with E-state index in [4.69, 9.17) is 0 Å². The summed E-state index contributed by atoms with van der Waals surface area (Å²) in [6, 6.07) is 10.3. The molecule has 0 unspecified atom stereocenters. The number of aromatic amines is 1. The van der Waals surface area contributed by atoms with Crippen LogP contribution in [-0.4, -0.2) is 21.0 Å². The van der Waals surface area contributed by atoms with Gasteiger partial charge in [0.2, 0.25) is 0 Å². The Hall–Kier alpha value is -2.62. The van der Waals surface area contributed by atoms with Gasteiger partial charge >= 0.3 is 5.97 Å². The minimum atomic E-state index is -0.697. The summed E-state index contributed by atoms with van der Waals surface area (Å²) in [5, 5.41) is 10.4. The highest BCUT2D eigenvalue weighted by molar-refractivity contribution is 5.86. The number of nitrogens with zero attached hydrogens (tertiary/aromatic N) is 1. The number of aliphatic carboxylic acids is 1. The van der Waals surface area contributed by atoms with Gasteiger partial charge in [0.1, 0.15) is 5.65 Å². The van der Waals surface area contributed by atoms with Crippen molar-refractivity contribution in [3.63, 3.8) is 0 Å². The van der Waals surface area contributed by atoms with Crippen molar-refractivity contribution in [2.75, 3.05) is 0 Å². The van der Waals surface area contributed by atoms with Crippen LogP contribution < -0.4 is 0 Å². The number of aryl methyl sites for hydroxylation is 1. The van der Waals surface area contributed by atoms with Crippen molar-refractivity contribution in [2.45, 2.75) is 25.7 Å². The average molecular weight is 306 g/mol. The number of pyridine rings is 1. The fraction of sp³-hybridized carbons (Fsp3) is 0.263. The number of hydrogen-bond acceptors (Lipinski definition) is 2. The van der Waals surface area contributed by atoms with Crippen molar-refractivity contribution in [1.82, 2.24) is 9.97 Å². The van der Waals surface area contributed by atoms with E-state index in [9.17, 15) is 9.90 Å². The predicted octanol–water partition coefficient (Wildman–Crippen LogP) is 3.98. The zero-order valence-corrected chi connectivity index (χ0v) is 12.9. The summed E-state index contributed by atoms with van der Waals surface area (Å²) >= 11 is 0. The zero-order valence-electron chi connectivity index (χ0n) is 12.9. The van der Waals surface area contributed by atoms with E-state index in [0.29, 0.717) is 0 Å². The Balaban J connectivity index is 1.80. The molecule has 2 atom stereocenters. The lowest BCUT2D eigenvalue weighted by atomic mass is 9.96. The first-order valence-corrected chi connectivity index (χ1v) is 7.97. The summed E-state index contributed by atoms with van der Waals surface area (Å²) < 4.78 is 0. The first-order chi connectivity index (χ1) is 11.2. The fourth-order valence-electron chi connectivity index (χ4n) is 3.39. The molecule has 0 spiro atoms. The normalized spacial score (nSPS) is 19.9. The van der Waals surface area contributed by atoms with E-state index < -0.39 is 5.97 Å². The van der Waals surface area contributed by atoms with Crippen LogP contribution in [0.5, 0.6) is 0 Å². The molecule has 3 aromatic rings. The average Bonchev–Trinajstić information content (AvgIpc) is 3.28. The van der Waals surface area contributed by atoms with Gasteiger partial charge in [-0.05, 0) is 41.5 Å². The van der Waals surface area contributed by atoms with Crippen molar-refractivity contribution >= 4 is 17.0 Å². The smallest absolute Gasteiger partial charge is 0.307 e. The molecule has 1 aliphatic carbocycles. The molecular formula is C19H18N2O2. The Morgan fingerprint density at radius 1 is 1.39 bits per heavy atom. The molecule has 0 radical (unpaired) electrons. The third-order valence-electron chi connectivity index (χ3n) is 4.78. The Kier molecular flexibility index (Phi) is 3.18. The summed E-state index contributed by atoms with van der Waals surface area (Å²) in [6.07, 6.45) is 5.56. The van der Waals surface area contributed by atoms with E-state index in [1.54, 1.807) is 0 Å². The van der Waals surface area contributed by atoms with Gasteiger partial charge in [-0.1, -0.05) is 31.2 Å². The lowest BCUT2D eigenvalue weighted by Crippen LogP contribution is -1.99. The highest BCUT2D eigenvalue weighted by atomic mass is 16.4. The molecule has 2 aromatic heterocycles. The third-order valence-corrected chi connectivity index (χ3v) is 4.78. The number of carbonyl (C=O) groups is 1. The highest BCUT2D eigenvalue weighted by Gasteiger charge is 2.45. The highest BCUT2D eigenvalue weighted by Crippen LogP contribution is 2.50. The first-order valence-electron chi connectivity index (χ1n) is 7.97. The number of carboxylic acids is 1. The van der Waals surface area contributed by atoms with Crippen LogP contribution in [0.15, 0.2) is 42.7 Å². The molecule has 0 aliphatic heterocycles. The molecule has 0 bridgehead atoms. The molecule has 4 heteroatoms. The van der Waals surface area contributed by atoms with Crippen LogP contribution in [0.1, 0.15) is 30.4 Å². The lowest BCUT2D eigenvalue weighted by molar-refractivity contribution is -0.138. The molecular weight excluding hydrogens is 288 g/mol. The van der Waals surface area contributed by atoms with Gasteiger partial charge in [-0.3, -0.25) is 4.79 Å². The van der Waals surface area contributed by atoms with E-state index >= 15 is 0 Å². The molecule has 1 fully saturated rings. The molecule has 1 aliphatic rings. The summed E-state index contributed by atoms with van der Waals surface area (Å²) in [7, 11) is 0. The van der Waals surface area contributed by atoms with Crippen molar-refractivity contribution in [2.24, 2.45) is 5.92 Å². The number of H-pyrrole nitrogens is 1. The number of rotatable bonds is 4. The van der Waals surface area contributed by atoms with Crippen LogP contribution in [0.4, 0.5) is 0 Å². The topological polar surface area (TPSA) is 66.0 Å². The van der Waals surface area contributed by atoms with Gasteiger partial charge in [0, 0.05) is 23.3 Å². The molecule has 23 heavy (non-hydrogen) atoms. The van der Waals surface area contributed by atoms with Crippen LogP contribution in [0, 0.1) is 5.92 Å².